The molecule has 0 atom stereocenters. The molecular weight excluding hydrogens is 255 g/mol. The molecule has 2 nitrogen and oxygen atoms in total. The topological polar surface area (TPSA) is 26.3 Å². The zero-order valence-corrected chi connectivity index (χ0v) is 8.98. The molecular formula is C9H6BrClO2. The number of carbonyl (C=O) groups excluding carboxylic acids is 1. The maximum absolute atomic E-state index is 10.8. The van der Waals surface area contributed by atoms with E-state index < -0.39 is 0 Å². The summed E-state index contributed by atoms with van der Waals surface area (Å²) in [7, 11) is 0. The predicted octanol–water partition coefficient (Wildman–Crippen LogP) is 2.85. The summed E-state index contributed by atoms with van der Waals surface area (Å²) in [6, 6.07) is 1.69. The Hall–Kier alpha value is -0.540. The average molecular weight is 262 g/mol. The fraction of sp³-hybridized carbons (Fsp3) is 0.222. The van der Waals surface area contributed by atoms with Gasteiger partial charge in [-0.25, -0.2) is 0 Å². The van der Waals surface area contributed by atoms with Crippen LogP contribution in [0.15, 0.2) is 10.5 Å². The SMILES string of the molecule is O=Cc1c(Br)cc(Cl)c2c1CCO2. The van der Waals surface area contributed by atoms with Crippen molar-refractivity contribution in [2.24, 2.45) is 0 Å². The van der Waals surface area contributed by atoms with Crippen molar-refractivity contribution in [3.05, 3.63) is 26.7 Å². The van der Waals surface area contributed by atoms with E-state index in [1.165, 1.54) is 0 Å². The van der Waals surface area contributed by atoms with E-state index >= 15 is 0 Å². The zero-order valence-electron chi connectivity index (χ0n) is 6.64. The molecule has 0 spiro atoms. The zero-order chi connectivity index (χ0) is 9.42. The fourth-order valence-corrected chi connectivity index (χ4v) is 2.42. The van der Waals surface area contributed by atoms with Crippen LogP contribution in [0.25, 0.3) is 0 Å². The number of hydrogen-bond acceptors (Lipinski definition) is 2. The second-order valence-corrected chi connectivity index (χ2v) is 4.04. The Kier molecular flexibility index (Phi) is 2.30. The molecule has 1 aliphatic heterocycles. The first-order chi connectivity index (χ1) is 6.24. The van der Waals surface area contributed by atoms with E-state index in [4.69, 9.17) is 16.3 Å². The molecule has 13 heavy (non-hydrogen) atoms. The molecule has 0 saturated heterocycles. The summed E-state index contributed by atoms with van der Waals surface area (Å²) in [6.07, 6.45) is 1.58. The lowest BCUT2D eigenvalue weighted by Gasteiger charge is -2.05. The lowest BCUT2D eigenvalue weighted by molar-refractivity contribution is 0.112. The van der Waals surface area contributed by atoms with Crippen LogP contribution in [0.1, 0.15) is 15.9 Å². The Morgan fingerprint density at radius 1 is 1.62 bits per heavy atom. The van der Waals surface area contributed by atoms with E-state index in [9.17, 15) is 4.79 Å². The first-order valence-electron chi connectivity index (χ1n) is 3.83. The summed E-state index contributed by atoms with van der Waals surface area (Å²) >= 11 is 9.22. The third kappa shape index (κ3) is 1.36. The van der Waals surface area contributed by atoms with Crippen LogP contribution in [0.5, 0.6) is 5.75 Å². The van der Waals surface area contributed by atoms with E-state index in [1.807, 2.05) is 0 Å². The smallest absolute Gasteiger partial charge is 0.151 e. The number of hydrogen-bond donors (Lipinski definition) is 0. The highest BCUT2D eigenvalue weighted by molar-refractivity contribution is 9.10. The summed E-state index contributed by atoms with van der Waals surface area (Å²) in [5.41, 5.74) is 1.56. The number of fused-ring (bicyclic) bond motifs is 1. The molecule has 0 aliphatic carbocycles. The van der Waals surface area contributed by atoms with E-state index in [1.54, 1.807) is 6.07 Å². The Bertz CT molecular complexity index is 376. The minimum atomic E-state index is 0.560. The van der Waals surface area contributed by atoms with Gasteiger partial charge < -0.3 is 4.74 Å². The van der Waals surface area contributed by atoms with Gasteiger partial charge in [-0.1, -0.05) is 11.6 Å². The summed E-state index contributed by atoms with van der Waals surface area (Å²) in [5.74, 6) is 0.659. The van der Waals surface area contributed by atoms with Gasteiger partial charge in [-0.05, 0) is 22.0 Å². The van der Waals surface area contributed by atoms with Gasteiger partial charge in [0, 0.05) is 22.0 Å². The van der Waals surface area contributed by atoms with Crippen molar-refractivity contribution in [3.63, 3.8) is 0 Å². The third-order valence-corrected chi connectivity index (χ3v) is 2.98. The molecule has 0 unspecified atom stereocenters. The number of ether oxygens (including phenoxy) is 1. The highest BCUT2D eigenvalue weighted by Crippen LogP contribution is 2.38. The van der Waals surface area contributed by atoms with Crippen molar-refractivity contribution >= 4 is 33.8 Å². The van der Waals surface area contributed by atoms with E-state index in [2.05, 4.69) is 15.9 Å². The summed E-state index contributed by atoms with van der Waals surface area (Å²) < 4.78 is 6.05. The molecule has 0 aromatic heterocycles. The van der Waals surface area contributed by atoms with Gasteiger partial charge in [-0.3, -0.25) is 4.79 Å². The van der Waals surface area contributed by atoms with Crippen molar-refractivity contribution in [1.82, 2.24) is 0 Å². The summed E-state index contributed by atoms with van der Waals surface area (Å²) in [6.45, 7) is 0.604. The molecule has 0 saturated carbocycles. The van der Waals surface area contributed by atoms with Gasteiger partial charge in [-0.15, -0.1) is 0 Å². The first-order valence-corrected chi connectivity index (χ1v) is 5.00. The van der Waals surface area contributed by atoms with E-state index in [0.717, 1.165) is 22.7 Å². The fourth-order valence-electron chi connectivity index (χ4n) is 1.45. The van der Waals surface area contributed by atoms with Crippen molar-refractivity contribution in [3.8, 4) is 5.75 Å². The van der Waals surface area contributed by atoms with Crippen LogP contribution < -0.4 is 4.74 Å². The molecule has 0 radical (unpaired) electrons. The minimum Gasteiger partial charge on any atom is -0.491 e. The van der Waals surface area contributed by atoms with Crippen LogP contribution in [0.2, 0.25) is 5.02 Å². The van der Waals surface area contributed by atoms with Crippen molar-refractivity contribution in [1.29, 1.82) is 0 Å². The summed E-state index contributed by atoms with van der Waals surface area (Å²) in [5, 5.41) is 0.560. The average Bonchev–Trinajstić information content (AvgIpc) is 2.53. The molecule has 0 fully saturated rings. The quantitative estimate of drug-likeness (QED) is 0.727. The molecule has 1 aromatic rings. The van der Waals surface area contributed by atoms with Crippen molar-refractivity contribution < 1.29 is 9.53 Å². The van der Waals surface area contributed by atoms with Gasteiger partial charge >= 0.3 is 0 Å². The minimum absolute atomic E-state index is 0.560. The molecule has 1 aromatic carbocycles. The number of carbonyl (C=O) groups is 1. The van der Waals surface area contributed by atoms with Gasteiger partial charge in [0.15, 0.2) is 6.29 Å². The molecule has 1 heterocycles. The molecule has 2 rings (SSSR count). The van der Waals surface area contributed by atoms with E-state index in [0.29, 0.717) is 22.9 Å². The molecule has 0 amide bonds. The van der Waals surface area contributed by atoms with Crippen LogP contribution in [-0.4, -0.2) is 12.9 Å². The standard InChI is InChI=1S/C9H6BrClO2/c10-7-3-8(11)9-5(1-2-13-9)6(7)4-12/h3-4H,1-2H2. The van der Waals surface area contributed by atoms with Gasteiger partial charge in [-0.2, -0.15) is 0 Å². The maximum atomic E-state index is 10.8. The van der Waals surface area contributed by atoms with Crippen molar-refractivity contribution in [2.75, 3.05) is 6.61 Å². The Morgan fingerprint density at radius 3 is 3.08 bits per heavy atom. The van der Waals surface area contributed by atoms with Crippen LogP contribution in [-0.2, 0) is 6.42 Å². The number of rotatable bonds is 1. The predicted molar refractivity (Wildman–Crippen MR) is 53.7 cm³/mol. The van der Waals surface area contributed by atoms with E-state index in [-0.39, 0.29) is 0 Å². The Balaban J connectivity index is 2.71. The van der Waals surface area contributed by atoms with Crippen LogP contribution in [0, 0.1) is 0 Å². The van der Waals surface area contributed by atoms with Crippen LogP contribution in [0.3, 0.4) is 0 Å². The van der Waals surface area contributed by atoms with Gasteiger partial charge in [0.05, 0.1) is 11.6 Å². The highest BCUT2D eigenvalue weighted by atomic mass is 79.9. The second kappa shape index (κ2) is 3.31. The third-order valence-electron chi connectivity index (χ3n) is 2.04. The van der Waals surface area contributed by atoms with Crippen molar-refractivity contribution in [2.45, 2.75) is 6.42 Å². The number of halogens is 2. The normalized spacial score (nSPS) is 13.7. The highest BCUT2D eigenvalue weighted by Gasteiger charge is 2.21. The summed E-state index contributed by atoms with van der Waals surface area (Å²) in [4.78, 5) is 10.8. The largest absolute Gasteiger partial charge is 0.491 e. The molecule has 0 bridgehead atoms. The second-order valence-electron chi connectivity index (χ2n) is 2.78. The molecule has 0 N–H and O–H groups in total. The van der Waals surface area contributed by atoms with Crippen LogP contribution in [0.4, 0.5) is 0 Å². The molecule has 68 valence electrons. The lowest BCUT2D eigenvalue weighted by Crippen LogP contribution is -1.90. The Morgan fingerprint density at radius 2 is 2.38 bits per heavy atom. The van der Waals surface area contributed by atoms with Gasteiger partial charge in [0.1, 0.15) is 5.75 Å². The Labute approximate surface area is 89.0 Å². The first kappa shape index (κ1) is 9.03. The van der Waals surface area contributed by atoms with Crippen LogP contribution >= 0.6 is 27.5 Å². The molecule has 1 aliphatic rings. The molecule has 4 heteroatoms. The maximum Gasteiger partial charge on any atom is 0.151 e. The van der Waals surface area contributed by atoms with Gasteiger partial charge in [0.25, 0.3) is 0 Å². The number of aldehydes is 1. The van der Waals surface area contributed by atoms with Gasteiger partial charge in [0.2, 0.25) is 0 Å². The monoisotopic (exact) mass is 260 g/mol. The number of benzene rings is 1. The lowest BCUT2D eigenvalue weighted by atomic mass is 10.1.